The lowest BCUT2D eigenvalue weighted by molar-refractivity contribution is 0.116. The molecule has 2 rings (SSSR count). The number of hydrogen-bond donors (Lipinski definition) is 7. The summed E-state index contributed by atoms with van der Waals surface area (Å²) in [5.74, 6) is -0.403. The molecule has 0 radical (unpaired) electrons. The molecule has 40 heavy (non-hydrogen) atoms. The molecule has 0 spiro atoms. The second kappa shape index (κ2) is 18.8. The number of β-amino-alcohol motifs (C(OH)–C–C–N with tert-alkyl or cyclic N) is 2. The Morgan fingerprint density at radius 2 is 0.875 bits per heavy atom. The van der Waals surface area contributed by atoms with Crippen molar-refractivity contribution in [1.29, 1.82) is 0 Å². The minimum absolute atomic E-state index is 0.158. The first kappa shape index (κ1) is 39.4. The summed E-state index contributed by atoms with van der Waals surface area (Å²) < 4.78 is 87.0. The van der Waals surface area contributed by atoms with E-state index in [1.807, 2.05) is 9.80 Å². The fraction of sp³-hybridized carbons (Fsp3) is 1.00. The third-order valence-corrected chi connectivity index (χ3v) is 9.42. The molecular formula is C20H47N5O12S3. The van der Waals surface area contributed by atoms with Crippen LogP contribution in [0.4, 0.5) is 0 Å². The first-order valence-corrected chi connectivity index (χ1v) is 17.3. The highest BCUT2D eigenvalue weighted by molar-refractivity contribution is 7.87. The smallest absolute Gasteiger partial charge is 0.273 e. The van der Waals surface area contributed by atoms with E-state index in [9.17, 15) is 25.3 Å². The highest BCUT2D eigenvalue weighted by Crippen LogP contribution is 2.12. The Bertz CT molecular complexity index is 936. The molecule has 17 nitrogen and oxygen atoms in total. The second-order valence-corrected chi connectivity index (χ2v) is 14.8. The number of aliphatic hydroxyl groups is 3. The number of rotatable bonds is 13. The van der Waals surface area contributed by atoms with Gasteiger partial charge in [-0.05, 0) is 6.92 Å². The van der Waals surface area contributed by atoms with Crippen LogP contribution in [-0.2, 0) is 30.4 Å². The largest absolute Gasteiger partial charge is 0.395 e. The van der Waals surface area contributed by atoms with Gasteiger partial charge in [-0.2, -0.15) is 25.3 Å². The summed E-state index contributed by atoms with van der Waals surface area (Å²) in [4.78, 5) is 8.26. The normalized spacial score (nSPS) is 20.1. The Labute approximate surface area is 237 Å². The lowest BCUT2D eigenvalue weighted by atomic mass is 10.2. The van der Waals surface area contributed by atoms with E-state index in [2.05, 4.69) is 9.80 Å². The topological polar surface area (TPSA) is 263 Å². The molecule has 0 aromatic carbocycles. The monoisotopic (exact) mass is 645 g/mol. The van der Waals surface area contributed by atoms with E-state index in [1.165, 1.54) is 6.92 Å². The quantitative estimate of drug-likeness (QED) is 0.0931. The van der Waals surface area contributed by atoms with Gasteiger partial charge < -0.3 is 21.1 Å². The van der Waals surface area contributed by atoms with Gasteiger partial charge in [0.15, 0.2) is 0 Å². The molecule has 242 valence electrons. The zero-order valence-electron chi connectivity index (χ0n) is 23.0. The van der Waals surface area contributed by atoms with E-state index in [-0.39, 0.29) is 31.3 Å². The van der Waals surface area contributed by atoms with Crippen LogP contribution in [0.2, 0.25) is 0 Å². The van der Waals surface area contributed by atoms with Crippen molar-refractivity contribution in [2.45, 2.75) is 11.7 Å². The summed E-state index contributed by atoms with van der Waals surface area (Å²) in [6.45, 7) is 9.12. The summed E-state index contributed by atoms with van der Waals surface area (Å²) in [5.41, 5.74) is 5.00. The van der Waals surface area contributed by atoms with Gasteiger partial charge >= 0.3 is 0 Å². The molecule has 0 bridgehead atoms. The van der Waals surface area contributed by atoms with Crippen molar-refractivity contribution in [2.24, 2.45) is 5.73 Å². The van der Waals surface area contributed by atoms with Crippen molar-refractivity contribution in [3.63, 3.8) is 0 Å². The van der Waals surface area contributed by atoms with Crippen LogP contribution in [0.5, 0.6) is 0 Å². The third kappa shape index (κ3) is 18.1. The number of aliphatic hydroxyl groups excluding tert-OH is 3. The van der Waals surface area contributed by atoms with Crippen molar-refractivity contribution in [2.75, 3.05) is 116 Å². The predicted octanol–water partition coefficient (Wildman–Crippen LogP) is -4.45. The van der Waals surface area contributed by atoms with Crippen molar-refractivity contribution in [1.82, 2.24) is 19.6 Å². The van der Waals surface area contributed by atoms with Gasteiger partial charge in [-0.15, -0.1) is 0 Å². The highest BCUT2D eigenvalue weighted by atomic mass is 32.2. The number of nitrogens with zero attached hydrogens (tertiary/aromatic N) is 4. The Kier molecular flexibility index (Phi) is 18.6. The van der Waals surface area contributed by atoms with Gasteiger partial charge in [0.1, 0.15) is 4.75 Å². The van der Waals surface area contributed by atoms with Gasteiger partial charge in [-0.3, -0.25) is 33.3 Å². The summed E-state index contributed by atoms with van der Waals surface area (Å²) >= 11 is 0. The average Bonchev–Trinajstić information content (AvgIpc) is 2.87. The molecule has 0 aromatic heterocycles. The first-order valence-electron chi connectivity index (χ1n) is 12.7. The second-order valence-electron chi connectivity index (χ2n) is 9.67. The van der Waals surface area contributed by atoms with Crippen molar-refractivity contribution < 1.29 is 54.2 Å². The van der Waals surface area contributed by atoms with Gasteiger partial charge in [0, 0.05) is 85.1 Å². The number of hydrogen-bond acceptors (Lipinski definition) is 14. The summed E-state index contributed by atoms with van der Waals surface area (Å²) in [6.07, 6.45) is 0. The molecule has 2 aliphatic rings. The molecule has 20 heteroatoms. The van der Waals surface area contributed by atoms with Gasteiger partial charge in [0.25, 0.3) is 30.4 Å². The minimum atomic E-state index is -4.24. The molecule has 1 unspecified atom stereocenters. The van der Waals surface area contributed by atoms with Crippen LogP contribution in [0.1, 0.15) is 6.92 Å². The number of nitrogens with two attached hydrogens (primary N) is 1. The standard InChI is InChI=1S/2C8H18N2O4S.C4H11NO4S/c2*11-7-5-9-1-3-10(4-2-9)6-8-15(12,13)14;1-4(2-5,3-6)10(7,8)9/h2*11H,1-8H2,(H,12,13,14);6H,2-3,5H2,1H3,(H,7,8,9). The van der Waals surface area contributed by atoms with Crippen LogP contribution in [0, 0.1) is 0 Å². The lowest BCUT2D eigenvalue weighted by Crippen LogP contribution is -2.48. The predicted molar refractivity (Wildman–Crippen MR) is 149 cm³/mol. The Morgan fingerprint density at radius 3 is 1.02 bits per heavy atom. The average molecular weight is 646 g/mol. The SMILES string of the molecule is CC(CN)(CO)S(=O)(=O)O.O=S(=O)(O)CCN1CCN(CCO)CC1.O=S(=O)(O)CCN1CCN(CCO)CC1. The van der Waals surface area contributed by atoms with Gasteiger partial charge in [0.05, 0.1) is 31.3 Å². The van der Waals surface area contributed by atoms with E-state index in [1.54, 1.807) is 0 Å². The Morgan fingerprint density at radius 1 is 0.600 bits per heavy atom. The van der Waals surface area contributed by atoms with Crippen LogP contribution >= 0.6 is 0 Å². The molecule has 2 aliphatic heterocycles. The molecule has 2 fully saturated rings. The fourth-order valence-electron chi connectivity index (χ4n) is 3.50. The summed E-state index contributed by atoms with van der Waals surface area (Å²) in [6, 6.07) is 0. The van der Waals surface area contributed by atoms with Crippen LogP contribution < -0.4 is 5.73 Å². The molecule has 8 N–H and O–H groups in total. The fourth-order valence-corrected chi connectivity index (χ4v) is 4.85. The molecule has 0 aromatic rings. The first-order chi connectivity index (χ1) is 18.4. The summed E-state index contributed by atoms with van der Waals surface area (Å²) in [5, 5.41) is 26.0. The van der Waals surface area contributed by atoms with Gasteiger partial charge in [-0.1, -0.05) is 0 Å². The van der Waals surface area contributed by atoms with Gasteiger partial charge in [-0.25, -0.2) is 0 Å². The van der Waals surface area contributed by atoms with Crippen LogP contribution in [0.25, 0.3) is 0 Å². The van der Waals surface area contributed by atoms with Gasteiger partial charge in [0.2, 0.25) is 0 Å². The molecule has 0 amide bonds. The minimum Gasteiger partial charge on any atom is -0.395 e. The van der Waals surface area contributed by atoms with Crippen LogP contribution in [-0.4, -0.2) is 195 Å². The van der Waals surface area contributed by atoms with E-state index >= 15 is 0 Å². The maximum Gasteiger partial charge on any atom is 0.273 e. The zero-order valence-corrected chi connectivity index (χ0v) is 25.4. The Balaban J connectivity index is 0.000000585. The molecule has 0 saturated carbocycles. The van der Waals surface area contributed by atoms with E-state index in [0.717, 1.165) is 52.4 Å². The molecule has 2 saturated heterocycles. The maximum atomic E-state index is 10.5. The van der Waals surface area contributed by atoms with Crippen molar-refractivity contribution in [3.8, 4) is 0 Å². The van der Waals surface area contributed by atoms with Crippen molar-refractivity contribution >= 4 is 30.4 Å². The van der Waals surface area contributed by atoms with Crippen LogP contribution in [0.15, 0.2) is 0 Å². The summed E-state index contributed by atoms with van der Waals surface area (Å²) in [7, 11) is -11.9. The lowest BCUT2D eigenvalue weighted by Gasteiger charge is -2.33. The van der Waals surface area contributed by atoms with Crippen LogP contribution in [0.3, 0.4) is 0 Å². The molecular weight excluding hydrogens is 598 g/mol. The van der Waals surface area contributed by atoms with E-state index in [0.29, 0.717) is 26.2 Å². The number of piperazine rings is 2. The van der Waals surface area contributed by atoms with E-state index in [4.69, 9.17) is 34.7 Å². The van der Waals surface area contributed by atoms with E-state index < -0.39 is 41.7 Å². The highest BCUT2D eigenvalue weighted by Gasteiger charge is 2.35. The molecule has 2 heterocycles. The van der Waals surface area contributed by atoms with Crippen molar-refractivity contribution in [3.05, 3.63) is 0 Å². The molecule has 1 atom stereocenters. The molecule has 0 aliphatic carbocycles. The Hall–Kier alpha value is -0.590. The zero-order chi connectivity index (χ0) is 31.0. The maximum absolute atomic E-state index is 10.5. The third-order valence-electron chi connectivity index (χ3n) is 6.48.